The van der Waals surface area contributed by atoms with E-state index in [9.17, 15) is 14.4 Å². The Hall–Kier alpha value is -3.09. The molecule has 7 nitrogen and oxygen atoms in total. The van der Waals surface area contributed by atoms with E-state index in [1.54, 1.807) is 24.3 Å². The SMILES string of the molecule is COC(=O)/C=C/COc1ccc(COC(=O)/C=C/C(=O)OC)c(C)c1. The summed E-state index contributed by atoms with van der Waals surface area (Å²) in [5.74, 6) is -1.10. The summed E-state index contributed by atoms with van der Waals surface area (Å²) in [6.45, 7) is 2.14. The summed E-state index contributed by atoms with van der Waals surface area (Å²) in [7, 11) is 2.52. The zero-order valence-corrected chi connectivity index (χ0v) is 14.3. The van der Waals surface area contributed by atoms with Gasteiger partial charge in [-0.3, -0.25) is 0 Å². The van der Waals surface area contributed by atoms with Crippen LogP contribution in [0.4, 0.5) is 0 Å². The first-order chi connectivity index (χ1) is 12.0. The fraction of sp³-hybridized carbons (Fsp3) is 0.278. The highest BCUT2D eigenvalue weighted by Gasteiger charge is 2.05. The summed E-state index contributed by atoms with van der Waals surface area (Å²) in [6.07, 6.45) is 4.83. The Morgan fingerprint density at radius 1 is 0.960 bits per heavy atom. The summed E-state index contributed by atoms with van der Waals surface area (Å²) in [5.41, 5.74) is 1.68. The van der Waals surface area contributed by atoms with Crippen molar-refractivity contribution < 1.29 is 33.3 Å². The molecule has 0 saturated heterocycles. The highest BCUT2D eigenvalue weighted by atomic mass is 16.5. The smallest absolute Gasteiger partial charge is 0.331 e. The van der Waals surface area contributed by atoms with Crippen LogP contribution in [0, 0.1) is 6.92 Å². The largest absolute Gasteiger partial charge is 0.490 e. The van der Waals surface area contributed by atoms with Crippen LogP contribution in [-0.4, -0.2) is 38.7 Å². The Balaban J connectivity index is 2.51. The molecule has 0 fully saturated rings. The fourth-order valence-electron chi connectivity index (χ4n) is 1.68. The van der Waals surface area contributed by atoms with Gasteiger partial charge in [-0.25, -0.2) is 14.4 Å². The zero-order valence-electron chi connectivity index (χ0n) is 14.3. The first kappa shape index (κ1) is 20.0. The van der Waals surface area contributed by atoms with Crippen molar-refractivity contribution in [3.63, 3.8) is 0 Å². The summed E-state index contributed by atoms with van der Waals surface area (Å²) >= 11 is 0. The number of rotatable bonds is 8. The van der Waals surface area contributed by atoms with E-state index in [2.05, 4.69) is 9.47 Å². The number of ether oxygens (including phenoxy) is 4. The predicted molar refractivity (Wildman–Crippen MR) is 88.8 cm³/mol. The van der Waals surface area contributed by atoms with Crippen LogP contribution < -0.4 is 4.74 Å². The lowest BCUT2D eigenvalue weighted by molar-refractivity contribution is -0.140. The maximum atomic E-state index is 11.5. The van der Waals surface area contributed by atoms with Gasteiger partial charge in [-0.2, -0.15) is 0 Å². The van der Waals surface area contributed by atoms with Crippen LogP contribution in [0.25, 0.3) is 0 Å². The number of hydrogen-bond donors (Lipinski definition) is 0. The molecule has 1 aromatic rings. The molecule has 0 heterocycles. The number of benzene rings is 1. The second-order valence-electron chi connectivity index (χ2n) is 4.79. The highest BCUT2D eigenvalue weighted by Crippen LogP contribution is 2.18. The maximum absolute atomic E-state index is 11.5. The number of hydrogen-bond acceptors (Lipinski definition) is 7. The van der Waals surface area contributed by atoms with Crippen LogP contribution >= 0.6 is 0 Å². The topological polar surface area (TPSA) is 88.1 Å². The van der Waals surface area contributed by atoms with Crippen LogP contribution in [0.3, 0.4) is 0 Å². The van der Waals surface area contributed by atoms with Gasteiger partial charge < -0.3 is 18.9 Å². The molecule has 0 aliphatic rings. The van der Waals surface area contributed by atoms with Gasteiger partial charge in [0, 0.05) is 18.2 Å². The lowest BCUT2D eigenvalue weighted by Crippen LogP contribution is -2.04. The minimum Gasteiger partial charge on any atom is -0.490 e. The summed E-state index contributed by atoms with van der Waals surface area (Å²) in [4.78, 5) is 33.3. The van der Waals surface area contributed by atoms with Crippen molar-refractivity contribution in [3.8, 4) is 5.75 Å². The van der Waals surface area contributed by atoms with Crippen LogP contribution in [0.1, 0.15) is 11.1 Å². The summed E-state index contributed by atoms with van der Waals surface area (Å²) in [6, 6.07) is 5.29. The molecule has 0 aliphatic carbocycles. The van der Waals surface area contributed by atoms with Gasteiger partial charge >= 0.3 is 17.9 Å². The van der Waals surface area contributed by atoms with Crippen molar-refractivity contribution in [1.82, 2.24) is 0 Å². The third-order valence-corrected chi connectivity index (χ3v) is 3.04. The molecule has 0 bridgehead atoms. The fourth-order valence-corrected chi connectivity index (χ4v) is 1.68. The number of carbonyl (C=O) groups is 3. The quantitative estimate of drug-likeness (QED) is 0.402. The van der Waals surface area contributed by atoms with Gasteiger partial charge in [0.25, 0.3) is 0 Å². The average Bonchev–Trinajstić information content (AvgIpc) is 2.62. The molecule has 0 spiro atoms. The van der Waals surface area contributed by atoms with Gasteiger partial charge in [0.15, 0.2) is 0 Å². The average molecular weight is 348 g/mol. The van der Waals surface area contributed by atoms with Gasteiger partial charge in [0.2, 0.25) is 0 Å². The molecule has 25 heavy (non-hydrogen) atoms. The van der Waals surface area contributed by atoms with Crippen molar-refractivity contribution in [2.24, 2.45) is 0 Å². The van der Waals surface area contributed by atoms with Crippen LogP contribution in [0.15, 0.2) is 42.5 Å². The molecule has 134 valence electrons. The maximum Gasteiger partial charge on any atom is 0.331 e. The van der Waals surface area contributed by atoms with Gasteiger partial charge in [0.1, 0.15) is 19.0 Å². The van der Waals surface area contributed by atoms with Crippen LogP contribution in [0.2, 0.25) is 0 Å². The van der Waals surface area contributed by atoms with E-state index in [-0.39, 0.29) is 13.2 Å². The molecule has 0 N–H and O–H groups in total. The molecule has 0 atom stereocenters. The van der Waals surface area contributed by atoms with E-state index in [1.165, 1.54) is 20.3 Å². The van der Waals surface area contributed by atoms with E-state index < -0.39 is 17.9 Å². The molecule has 1 rings (SSSR count). The molecule has 0 aliphatic heterocycles. The van der Waals surface area contributed by atoms with Crippen LogP contribution in [-0.2, 0) is 35.2 Å². The molecule has 0 amide bonds. The van der Waals surface area contributed by atoms with E-state index in [0.29, 0.717) is 5.75 Å². The summed E-state index contributed by atoms with van der Waals surface area (Å²) < 4.78 is 19.4. The molecule has 0 unspecified atom stereocenters. The normalized spacial score (nSPS) is 10.7. The Morgan fingerprint density at radius 3 is 2.24 bits per heavy atom. The lowest BCUT2D eigenvalue weighted by Gasteiger charge is -2.09. The number of carbonyl (C=O) groups excluding carboxylic acids is 3. The number of methoxy groups -OCH3 is 2. The van der Waals surface area contributed by atoms with Gasteiger partial charge in [-0.1, -0.05) is 6.07 Å². The minimum atomic E-state index is -0.641. The van der Waals surface area contributed by atoms with E-state index in [1.807, 2.05) is 6.92 Å². The lowest BCUT2D eigenvalue weighted by atomic mass is 10.1. The Bertz CT molecular complexity index is 674. The Kier molecular flexibility index (Phi) is 8.49. The zero-order chi connectivity index (χ0) is 18.7. The second kappa shape index (κ2) is 10.6. The van der Waals surface area contributed by atoms with Crippen molar-refractivity contribution in [2.75, 3.05) is 20.8 Å². The Morgan fingerprint density at radius 2 is 1.60 bits per heavy atom. The minimum absolute atomic E-state index is 0.0682. The number of aryl methyl sites for hydroxylation is 1. The number of esters is 3. The molecule has 0 saturated carbocycles. The monoisotopic (exact) mass is 348 g/mol. The molecule has 1 aromatic carbocycles. The van der Waals surface area contributed by atoms with Crippen molar-refractivity contribution >= 4 is 17.9 Å². The molecule has 7 heteroatoms. The van der Waals surface area contributed by atoms with Crippen LogP contribution in [0.5, 0.6) is 5.75 Å². The first-order valence-corrected chi connectivity index (χ1v) is 7.36. The second-order valence-corrected chi connectivity index (χ2v) is 4.79. The molecule has 0 radical (unpaired) electrons. The molecular weight excluding hydrogens is 328 g/mol. The van der Waals surface area contributed by atoms with E-state index >= 15 is 0 Å². The van der Waals surface area contributed by atoms with Gasteiger partial charge in [-0.05, 0) is 36.3 Å². The molecule has 0 aromatic heterocycles. The Labute approximate surface area is 145 Å². The van der Waals surface area contributed by atoms with E-state index in [4.69, 9.17) is 9.47 Å². The van der Waals surface area contributed by atoms with Crippen molar-refractivity contribution in [2.45, 2.75) is 13.5 Å². The summed E-state index contributed by atoms with van der Waals surface area (Å²) in [5, 5.41) is 0. The van der Waals surface area contributed by atoms with Gasteiger partial charge in [0.05, 0.1) is 14.2 Å². The third kappa shape index (κ3) is 7.83. The first-order valence-electron chi connectivity index (χ1n) is 7.36. The predicted octanol–water partition coefficient (Wildman–Crippen LogP) is 1.88. The van der Waals surface area contributed by atoms with E-state index in [0.717, 1.165) is 23.3 Å². The highest BCUT2D eigenvalue weighted by molar-refractivity contribution is 5.91. The van der Waals surface area contributed by atoms with Crippen molar-refractivity contribution in [3.05, 3.63) is 53.6 Å². The van der Waals surface area contributed by atoms with Gasteiger partial charge in [-0.15, -0.1) is 0 Å². The third-order valence-electron chi connectivity index (χ3n) is 3.04. The molecular formula is C18H20O7. The standard InChI is InChI=1S/C18H20O7/c1-13-11-15(24-10-4-5-16(19)22-2)7-6-14(13)12-25-18(21)9-8-17(20)23-3/h4-9,11H,10,12H2,1-3H3/b5-4+,9-8+. The van der Waals surface area contributed by atoms with Crippen molar-refractivity contribution in [1.29, 1.82) is 0 Å².